The van der Waals surface area contributed by atoms with Crippen molar-refractivity contribution in [3.8, 4) is 0 Å². The zero-order chi connectivity index (χ0) is 12.3. The van der Waals surface area contributed by atoms with Crippen LogP contribution < -0.4 is 4.90 Å². The number of rotatable bonds is 5. The number of nitrogens with zero attached hydrogens (tertiary/aromatic N) is 1. The van der Waals surface area contributed by atoms with Crippen LogP contribution in [0, 0.1) is 11.7 Å². The van der Waals surface area contributed by atoms with Crippen molar-refractivity contribution in [2.75, 3.05) is 18.0 Å². The van der Waals surface area contributed by atoms with Crippen LogP contribution in [-0.2, 0) is 0 Å². The van der Waals surface area contributed by atoms with Gasteiger partial charge in [0.15, 0.2) is 0 Å². The van der Waals surface area contributed by atoms with E-state index >= 15 is 0 Å². The minimum absolute atomic E-state index is 0.336. The standard InChI is InChI=1S/C14H18FNO/c1-2-16(9-11-4-3-5-11)14-7-12(10-17)6-13(15)8-14/h6-8,10-11H,2-5,9H2,1H3. The lowest BCUT2D eigenvalue weighted by molar-refractivity contribution is 0.112. The van der Waals surface area contributed by atoms with E-state index in [-0.39, 0.29) is 5.82 Å². The normalized spacial score (nSPS) is 15.4. The van der Waals surface area contributed by atoms with E-state index < -0.39 is 0 Å². The number of hydrogen-bond donors (Lipinski definition) is 0. The molecule has 0 unspecified atom stereocenters. The smallest absolute Gasteiger partial charge is 0.150 e. The fourth-order valence-corrected chi connectivity index (χ4v) is 2.25. The van der Waals surface area contributed by atoms with Gasteiger partial charge in [0.25, 0.3) is 0 Å². The molecule has 92 valence electrons. The van der Waals surface area contributed by atoms with Gasteiger partial charge in [-0.15, -0.1) is 0 Å². The molecule has 3 heteroatoms. The van der Waals surface area contributed by atoms with Gasteiger partial charge in [-0.2, -0.15) is 0 Å². The zero-order valence-electron chi connectivity index (χ0n) is 10.2. The Morgan fingerprint density at radius 2 is 2.18 bits per heavy atom. The number of anilines is 1. The third-order valence-corrected chi connectivity index (χ3v) is 3.49. The van der Waals surface area contributed by atoms with Crippen LogP contribution in [0.15, 0.2) is 18.2 Å². The highest BCUT2D eigenvalue weighted by Gasteiger charge is 2.20. The molecule has 1 saturated carbocycles. The fourth-order valence-electron chi connectivity index (χ4n) is 2.25. The van der Waals surface area contributed by atoms with Gasteiger partial charge >= 0.3 is 0 Å². The Morgan fingerprint density at radius 1 is 1.41 bits per heavy atom. The van der Waals surface area contributed by atoms with Crippen LogP contribution in [-0.4, -0.2) is 19.4 Å². The minimum atomic E-state index is -0.336. The van der Waals surface area contributed by atoms with Crippen molar-refractivity contribution in [1.29, 1.82) is 0 Å². The van der Waals surface area contributed by atoms with Gasteiger partial charge in [-0.3, -0.25) is 4.79 Å². The lowest BCUT2D eigenvalue weighted by Gasteiger charge is -2.33. The Morgan fingerprint density at radius 3 is 2.71 bits per heavy atom. The van der Waals surface area contributed by atoms with E-state index in [9.17, 15) is 9.18 Å². The van der Waals surface area contributed by atoms with Crippen molar-refractivity contribution in [2.24, 2.45) is 5.92 Å². The molecule has 0 bridgehead atoms. The highest BCUT2D eigenvalue weighted by atomic mass is 19.1. The van der Waals surface area contributed by atoms with E-state index in [0.29, 0.717) is 11.8 Å². The summed E-state index contributed by atoms with van der Waals surface area (Å²) in [5, 5.41) is 0. The molecule has 0 amide bonds. The van der Waals surface area contributed by atoms with E-state index in [1.165, 1.54) is 31.4 Å². The third-order valence-electron chi connectivity index (χ3n) is 3.49. The number of halogens is 1. The molecule has 1 aromatic carbocycles. The summed E-state index contributed by atoms with van der Waals surface area (Å²) in [5.74, 6) is 0.398. The summed E-state index contributed by atoms with van der Waals surface area (Å²) in [7, 11) is 0. The van der Waals surface area contributed by atoms with E-state index in [0.717, 1.165) is 24.7 Å². The molecule has 0 radical (unpaired) electrons. The molecule has 2 rings (SSSR count). The predicted molar refractivity (Wildman–Crippen MR) is 67.0 cm³/mol. The van der Waals surface area contributed by atoms with Crippen LogP contribution >= 0.6 is 0 Å². The van der Waals surface area contributed by atoms with Crippen LogP contribution in [0.1, 0.15) is 36.5 Å². The highest BCUT2D eigenvalue weighted by molar-refractivity contribution is 5.77. The van der Waals surface area contributed by atoms with Crippen LogP contribution in [0.2, 0.25) is 0 Å². The molecule has 0 saturated heterocycles. The van der Waals surface area contributed by atoms with Crippen molar-refractivity contribution in [2.45, 2.75) is 26.2 Å². The van der Waals surface area contributed by atoms with E-state index in [1.807, 2.05) is 0 Å². The second-order valence-corrected chi connectivity index (χ2v) is 4.70. The SMILES string of the molecule is CCN(CC1CCC1)c1cc(F)cc(C=O)c1. The number of carbonyl (C=O) groups excluding carboxylic acids is 1. The van der Waals surface area contributed by atoms with Crippen molar-refractivity contribution in [3.05, 3.63) is 29.6 Å². The van der Waals surface area contributed by atoms with E-state index in [1.54, 1.807) is 6.07 Å². The topological polar surface area (TPSA) is 20.3 Å². The molecule has 0 aromatic heterocycles. The largest absolute Gasteiger partial charge is 0.371 e. The number of benzene rings is 1. The summed E-state index contributed by atoms with van der Waals surface area (Å²) in [5.41, 5.74) is 1.23. The van der Waals surface area contributed by atoms with Crippen LogP contribution in [0.4, 0.5) is 10.1 Å². The van der Waals surface area contributed by atoms with Crippen molar-refractivity contribution >= 4 is 12.0 Å². The third kappa shape index (κ3) is 2.84. The van der Waals surface area contributed by atoms with Crippen LogP contribution in [0.3, 0.4) is 0 Å². The molecular weight excluding hydrogens is 217 g/mol. The number of carbonyl (C=O) groups is 1. The van der Waals surface area contributed by atoms with Gasteiger partial charge in [-0.1, -0.05) is 6.42 Å². The monoisotopic (exact) mass is 235 g/mol. The average molecular weight is 235 g/mol. The Bertz CT molecular complexity index is 401. The Labute approximate surface area is 101 Å². The first-order chi connectivity index (χ1) is 8.22. The quantitative estimate of drug-likeness (QED) is 0.730. The van der Waals surface area contributed by atoms with E-state index in [2.05, 4.69) is 11.8 Å². The molecule has 1 fully saturated rings. The van der Waals surface area contributed by atoms with Gasteiger partial charge in [0.05, 0.1) is 0 Å². The molecule has 0 atom stereocenters. The molecule has 0 heterocycles. The minimum Gasteiger partial charge on any atom is -0.371 e. The maximum Gasteiger partial charge on any atom is 0.150 e. The van der Waals surface area contributed by atoms with Gasteiger partial charge in [0.1, 0.15) is 12.1 Å². The molecule has 17 heavy (non-hydrogen) atoms. The molecule has 0 N–H and O–H groups in total. The predicted octanol–water partition coefficient (Wildman–Crippen LogP) is 3.26. The lowest BCUT2D eigenvalue weighted by Crippen LogP contribution is -2.32. The molecular formula is C14H18FNO. The van der Waals surface area contributed by atoms with Gasteiger partial charge < -0.3 is 4.90 Å². The highest BCUT2D eigenvalue weighted by Crippen LogP contribution is 2.29. The summed E-state index contributed by atoms with van der Waals surface area (Å²) >= 11 is 0. The van der Waals surface area contributed by atoms with Crippen molar-refractivity contribution < 1.29 is 9.18 Å². The Balaban J connectivity index is 2.16. The molecule has 0 spiro atoms. The molecule has 1 aliphatic rings. The van der Waals surface area contributed by atoms with Crippen molar-refractivity contribution in [3.63, 3.8) is 0 Å². The number of hydrogen-bond acceptors (Lipinski definition) is 2. The maximum atomic E-state index is 13.4. The number of aldehydes is 1. The van der Waals surface area contributed by atoms with Gasteiger partial charge in [0, 0.05) is 24.3 Å². The zero-order valence-corrected chi connectivity index (χ0v) is 10.2. The lowest BCUT2D eigenvalue weighted by atomic mass is 9.85. The first-order valence-electron chi connectivity index (χ1n) is 6.23. The first-order valence-corrected chi connectivity index (χ1v) is 6.23. The van der Waals surface area contributed by atoms with Crippen LogP contribution in [0.25, 0.3) is 0 Å². The van der Waals surface area contributed by atoms with Gasteiger partial charge in [-0.05, 0) is 43.9 Å². The summed E-state index contributed by atoms with van der Waals surface area (Å²) in [6, 6.07) is 4.54. The summed E-state index contributed by atoms with van der Waals surface area (Å²) in [4.78, 5) is 12.9. The second kappa shape index (κ2) is 5.30. The van der Waals surface area contributed by atoms with Gasteiger partial charge in [-0.25, -0.2) is 4.39 Å². The summed E-state index contributed by atoms with van der Waals surface area (Å²) in [6.07, 6.45) is 4.55. The van der Waals surface area contributed by atoms with Gasteiger partial charge in [0.2, 0.25) is 0 Å². The van der Waals surface area contributed by atoms with Crippen molar-refractivity contribution in [1.82, 2.24) is 0 Å². The van der Waals surface area contributed by atoms with Crippen LogP contribution in [0.5, 0.6) is 0 Å². The molecule has 0 aliphatic heterocycles. The molecule has 1 aliphatic carbocycles. The first kappa shape index (κ1) is 12.1. The molecule has 2 nitrogen and oxygen atoms in total. The molecule has 1 aromatic rings. The average Bonchev–Trinajstić information content (AvgIpc) is 2.27. The summed E-state index contributed by atoms with van der Waals surface area (Å²) < 4.78 is 13.4. The second-order valence-electron chi connectivity index (χ2n) is 4.70. The maximum absolute atomic E-state index is 13.4. The van der Waals surface area contributed by atoms with E-state index in [4.69, 9.17) is 0 Å². The fraction of sp³-hybridized carbons (Fsp3) is 0.500. The Kier molecular flexibility index (Phi) is 3.77. The Hall–Kier alpha value is -1.38. The summed E-state index contributed by atoms with van der Waals surface area (Å²) in [6.45, 7) is 3.88.